The minimum atomic E-state index is -1.66. The minimum absolute atomic E-state index is 0.0406. The molecular formula is C21H20O9. The SMILES string of the molecule is O=C1c2ccccc2C(=O)c2cc(OC3OC(CO)C(O)C(O)C3O)c(CO)cc21. The predicted octanol–water partition coefficient (Wildman–Crippen LogP) is -0.867. The molecule has 1 aliphatic heterocycles. The number of ketones is 2. The largest absolute Gasteiger partial charge is 0.462 e. The molecule has 5 atom stereocenters. The zero-order chi connectivity index (χ0) is 21.6. The number of rotatable bonds is 4. The highest BCUT2D eigenvalue weighted by atomic mass is 16.7. The molecule has 5 N–H and O–H groups in total. The van der Waals surface area contributed by atoms with Crippen molar-refractivity contribution in [1.29, 1.82) is 0 Å². The molecule has 9 nitrogen and oxygen atoms in total. The highest BCUT2D eigenvalue weighted by Crippen LogP contribution is 2.34. The molecule has 1 heterocycles. The van der Waals surface area contributed by atoms with Gasteiger partial charge in [0, 0.05) is 27.8 Å². The van der Waals surface area contributed by atoms with Gasteiger partial charge in [-0.25, -0.2) is 0 Å². The van der Waals surface area contributed by atoms with Crippen molar-refractivity contribution in [3.05, 3.63) is 64.2 Å². The summed E-state index contributed by atoms with van der Waals surface area (Å²) in [5.74, 6) is -0.807. The maximum Gasteiger partial charge on any atom is 0.229 e. The molecule has 4 rings (SSSR count). The second-order valence-corrected chi connectivity index (χ2v) is 7.18. The molecule has 30 heavy (non-hydrogen) atoms. The van der Waals surface area contributed by atoms with E-state index in [1.165, 1.54) is 18.2 Å². The van der Waals surface area contributed by atoms with E-state index in [0.717, 1.165) is 0 Å². The number of ether oxygens (including phenoxy) is 2. The Kier molecular flexibility index (Phi) is 5.41. The Morgan fingerprint density at radius 1 is 0.833 bits per heavy atom. The van der Waals surface area contributed by atoms with Gasteiger partial charge in [-0.15, -0.1) is 0 Å². The highest BCUT2D eigenvalue weighted by Gasteiger charge is 2.45. The number of hydrogen-bond donors (Lipinski definition) is 5. The zero-order valence-electron chi connectivity index (χ0n) is 15.6. The summed E-state index contributed by atoms with van der Waals surface area (Å²) in [4.78, 5) is 25.7. The van der Waals surface area contributed by atoms with E-state index in [1.807, 2.05) is 0 Å². The molecule has 158 valence electrons. The molecular weight excluding hydrogens is 396 g/mol. The van der Waals surface area contributed by atoms with E-state index in [0.29, 0.717) is 0 Å². The summed E-state index contributed by atoms with van der Waals surface area (Å²) < 4.78 is 10.9. The van der Waals surface area contributed by atoms with E-state index < -0.39 is 49.7 Å². The van der Waals surface area contributed by atoms with Crippen LogP contribution in [0.1, 0.15) is 37.4 Å². The van der Waals surface area contributed by atoms with Crippen LogP contribution in [0.3, 0.4) is 0 Å². The summed E-state index contributed by atoms with van der Waals surface area (Å²) >= 11 is 0. The first-order valence-corrected chi connectivity index (χ1v) is 9.30. The van der Waals surface area contributed by atoms with E-state index in [9.17, 15) is 35.1 Å². The van der Waals surface area contributed by atoms with Crippen LogP contribution >= 0.6 is 0 Å². The topological polar surface area (TPSA) is 154 Å². The first-order chi connectivity index (χ1) is 14.4. The third kappa shape index (κ3) is 3.21. The Balaban J connectivity index is 1.72. The number of fused-ring (bicyclic) bond motifs is 2. The molecule has 5 unspecified atom stereocenters. The molecule has 1 fully saturated rings. The van der Waals surface area contributed by atoms with Gasteiger partial charge in [-0.05, 0) is 12.1 Å². The number of benzene rings is 2. The molecule has 2 aromatic rings. The average molecular weight is 416 g/mol. The lowest BCUT2D eigenvalue weighted by molar-refractivity contribution is -0.277. The Morgan fingerprint density at radius 3 is 2.00 bits per heavy atom. The van der Waals surface area contributed by atoms with E-state index >= 15 is 0 Å². The number of aliphatic hydroxyl groups excluding tert-OH is 5. The van der Waals surface area contributed by atoms with Gasteiger partial charge in [-0.2, -0.15) is 0 Å². The van der Waals surface area contributed by atoms with Gasteiger partial charge in [-0.1, -0.05) is 24.3 Å². The first-order valence-electron chi connectivity index (χ1n) is 9.30. The Labute approximate surface area is 170 Å². The van der Waals surface area contributed by atoms with Crippen molar-refractivity contribution in [1.82, 2.24) is 0 Å². The maximum absolute atomic E-state index is 12.9. The van der Waals surface area contributed by atoms with E-state index in [1.54, 1.807) is 18.2 Å². The molecule has 9 heteroatoms. The third-order valence-electron chi connectivity index (χ3n) is 5.37. The molecule has 2 aliphatic rings. The van der Waals surface area contributed by atoms with Crippen LogP contribution in [0.25, 0.3) is 0 Å². The predicted molar refractivity (Wildman–Crippen MR) is 100 cm³/mol. The Hall–Kier alpha value is -2.66. The Morgan fingerprint density at radius 2 is 1.43 bits per heavy atom. The van der Waals surface area contributed by atoms with Gasteiger partial charge in [0.1, 0.15) is 30.2 Å². The van der Waals surface area contributed by atoms with Gasteiger partial charge in [-0.3, -0.25) is 9.59 Å². The lowest BCUT2D eigenvalue weighted by Gasteiger charge is -2.39. The van der Waals surface area contributed by atoms with E-state index in [-0.39, 0.29) is 39.4 Å². The minimum Gasteiger partial charge on any atom is -0.462 e. The van der Waals surface area contributed by atoms with Gasteiger partial charge in [0.25, 0.3) is 0 Å². The smallest absolute Gasteiger partial charge is 0.229 e. The maximum atomic E-state index is 12.9. The standard InChI is InChI=1S/C21H20O9/c22-7-9-5-12-13(17(25)11-4-2-1-3-10(11)16(12)24)6-14(9)29-21-20(28)19(27)18(26)15(8-23)30-21/h1-6,15,18-23,26-28H,7-8H2. The molecule has 0 aromatic heterocycles. The van der Waals surface area contributed by atoms with Crippen LogP contribution in [0, 0.1) is 0 Å². The van der Waals surface area contributed by atoms with Gasteiger partial charge >= 0.3 is 0 Å². The van der Waals surface area contributed by atoms with Gasteiger partial charge < -0.3 is 35.0 Å². The summed E-state index contributed by atoms with van der Waals surface area (Å²) in [6.07, 6.45) is -7.54. The Bertz CT molecular complexity index is 1000. The molecule has 1 saturated heterocycles. The third-order valence-corrected chi connectivity index (χ3v) is 5.37. The van der Waals surface area contributed by atoms with Crippen molar-refractivity contribution in [2.75, 3.05) is 6.61 Å². The monoisotopic (exact) mass is 416 g/mol. The van der Waals surface area contributed by atoms with Crippen molar-refractivity contribution in [3.8, 4) is 5.75 Å². The van der Waals surface area contributed by atoms with Crippen molar-refractivity contribution in [2.24, 2.45) is 0 Å². The fraction of sp³-hybridized carbons (Fsp3) is 0.333. The number of carbonyl (C=O) groups is 2. The average Bonchev–Trinajstić information content (AvgIpc) is 2.77. The zero-order valence-corrected chi connectivity index (χ0v) is 15.6. The fourth-order valence-electron chi connectivity index (χ4n) is 3.69. The van der Waals surface area contributed by atoms with Crippen LogP contribution in [0.15, 0.2) is 36.4 Å². The number of carbonyl (C=O) groups excluding carboxylic acids is 2. The van der Waals surface area contributed by atoms with Crippen LogP contribution in [-0.2, 0) is 11.3 Å². The number of hydrogen-bond acceptors (Lipinski definition) is 9. The summed E-state index contributed by atoms with van der Waals surface area (Å²) in [5.41, 5.74) is 0.845. The molecule has 0 spiro atoms. The van der Waals surface area contributed by atoms with Gasteiger partial charge in [0.2, 0.25) is 6.29 Å². The molecule has 0 saturated carbocycles. The lowest BCUT2D eigenvalue weighted by Crippen LogP contribution is -2.60. The number of aliphatic hydroxyl groups is 5. The second-order valence-electron chi connectivity index (χ2n) is 7.18. The summed E-state index contributed by atoms with van der Waals surface area (Å²) in [6, 6.07) is 9.00. The molecule has 1 aliphatic carbocycles. The molecule has 2 aromatic carbocycles. The van der Waals surface area contributed by atoms with Crippen molar-refractivity contribution in [2.45, 2.75) is 37.3 Å². The summed E-state index contributed by atoms with van der Waals surface area (Å²) in [5, 5.41) is 49.1. The highest BCUT2D eigenvalue weighted by molar-refractivity contribution is 6.28. The van der Waals surface area contributed by atoms with E-state index in [4.69, 9.17) is 9.47 Å². The lowest BCUT2D eigenvalue weighted by atomic mass is 9.83. The van der Waals surface area contributed by atoms with Crippen molar-refractivity contribution < 1.29 is 44.6 Å². The van der Waals surface area contributed by atoms with Crippen molar-refractivity contribution >= 4 is 11.6 Å². The summed E-state index contributed by atoms with van der Waals surface area (Å²) in [7, 11) is 0. The van der Waals surface area contributed by atoms with Crippen LogP contribution in [-0.4, -0.2) is 74.4 Å². The molecule has 0 amide bonds. The van der Waals surface area contributed by atoms with Crippen LogP contribution in [0.2, 0.25) is 0 Å². The van der Waals surface area contributed by atoms with Crippen LogP contribution in [0.5, 0.6) is 5.75 Å². The first kappa shape index (κ1) is 20.6. The van der Waals surface area contributed by atoms with Crippen LogP contribution in [0.4, 0.5) is 0 Å². The normalized spacial score (nSPS) is 28.1. The molecule has 0 radical (unpaired) electrons. The molecule has 0 bridgehead atoms. The second kappa shape index (κ2) is 7.88. The van der Waals surface area contributed by atoms with Crippen LogP contribution < -0.4 is 4.74 Å². The van der Waals surface area contributed by atoms with Gasteiger partial charge in [0.15, 0.2) is 11.6 Å². The fourth-order valence-corrected chi connectivity index (χ4v) is 3.69. The van der Waals surface area contributed by atoms with E-state index in [2.05, 4.69) is 0 Å². The summed E-state index contributed by atoms with van der Waals surface area (Å²) in [6.45, 7) is -1.17. The van der Waals surface area contributed by atoms with Crippen molar-refractivity contribution in [3.63, 3.8) is 0 Å². The quantitative estimate of drug-likeness (QED) is 0.365. The van der Waals surface area contributed by atoms with Gasteiger partial charge in [0.05, 0.1) is 13.2 Å².